The molecule has 1 N–H and O–H groups in total. The van der Waals surface area contributed by atoms with Crippen LogP contribution in [0.1, 0.15) is 11.4 Å². The second kappa shape index (κ2) is 4.62. The molecule has 17 heavy (non-hydrogen) atoms. The van der Waals surface area contributed by atoms with E-state index in [2.05, 4.69) is 15.2 Å². The zero-order chi connectivity index (χ0) is 12.4. The number of ether oxygens (including phenoxy) is 1. The number of hydrogen-bond donors (Lipinski definition) is 1. The van der Waals surface area contributed by atoms with Gasteiger partial charge in [-0.2, -0.15) is 5.10 Å². The average Bonchev–Trinajstić information content (AvgIpc) is 2.32. The first kappa shape index (κ1) is 11.7. The molecular weight excluding hydrogens is 224 g/mol. The Morgan fingerprint density at radius 3 is 2.82 bits per heavy atom. The van der Waals surface area contributed by atoms with Crippen LogP contribution in [0.5, 0.6) is 0 Å². The van der Waals surface area contributed by atoms with Crippen LogP contribution in [0.15, 0.2) is 0 Å². The van der Waals surface area contributed by atoms with Crippen LogP contribution in [-0.4, -0.2) is 52.1 Å². The largest absolute Gasteiger partial charge is 0.480 e. The minimum Gasteiger partial charge on any atom is -0.480 e. The van der Waals surface area contributed by atoms with Crippen LogP contribution < -0.4 is 4.90 Å². The Kier molecular flexibility index (Phi) is 3.19. The van der Waals surface area contributed by atoms with Crippen LogP contribution in [0, 0.1) is 13.8 Å². The molecule has 92 valence electrons. The van der Waals surface area contributed by atoms with Gasteiger partial charge >= 0.3 is 5.97 Å². The fourth-order valence-corrected chi connectivity index (χ4v) is 1.61. The number of carboxylic acid groups (broad SMARTS) is 1. The lowest BCUT2D eigenvalue weighted by Crippen LogP contribution is -2.51. The highest BCUT2D eigenvalue weighted by Gasteiger charge is 2.31. The summed E-state index contributed by atoms with van der Waals surface area (Å²) in [5, 5.41) is 17.0. The van der Waals surface area contributed by atoms with E-state index in [0.29, 0.717) is 19.1 Å². The van der Waals surface area contributed by atoms with E-state index in [1.54, 1.807) is 4.90 Å². The second-order valence-corrected chi connectivity index (χ2v) is 3.90. The van der Waals surface area contributed by atoms with Crippen molar-refractivity contribution in [2.75, 3.05) is 24.7 Å². The fraction of sp³-hybridized carbons (Fsp3) is 0.600. The number of morpholine rings is 1. The lowest BCUT2D eigenvalue weighted by atomic mass is 10.2. The van der Waals surface area contributed by atoms with Gasteiger partial charge in [-0.05, 0) is 13.8 Å². The van der Waals surface area contributed by atoms with Crippen molar-refractivity contribution >= 4 is 11.9 Å². The average molecular weight is 238 g/mol. The Morgan fingerprint density at radius 2 is 2.18 bits per heavy atom. The number of hydrogen-bond acceptors (Lipinski definition) is 6. The van der Waals surface area contributed by atoms with Gasteiger partial charge < -0.3 is 14.7 Å². The minimum atomic E-state index is -0.938. The quantitative estimate of drug-likeness (QED) is 0.761. The lowest BCUT2D eigenvalue weighted by molar-refractivity contribution is -0.141. The maximum atomic E-state index is 11.1. The van der Waals surface area contributed by atoms with Gasteiger partial charge in [-0.15, -0.1) is 5.10 Å². The molecule has 2 rings (SSSR count). The first-order valence-corrected chi connectivity index (χ1v) is 5.34. The summed E-state index contributed by atoms with van der Waals surface area (Å²) < 4.78 is 5.15. The molecule has 0 spiro atoms. The molecule has 2 heterocycles. The fourth-order valence-electron chi connectivity index (χ4n) is 1.61. The highest BCUT2D eigenvalue weighted by atomic mass is 16.5. The standard InChI is InChI=1S/C10H14N4O3/c1-6-7(2)12-13-10(11-6)14-3-4-17-5-8(14)9(15)16/h8H,3-5H2,1-2H3,(H,15,16). The van der Waals surface area contributed by atoms with Crippen molar-refractivity contribution in [1.29, 1.82) is 0 Å². The van der Waals surface area contributed by atoms with E-state index >= 15 is 0 Å². The lowest BCUT2D eigenvalue weighted by Gasteiger charge is -2.32. The van der Waals surface area contributed by atoms with Crippen LogP contribution in [0.2, 0.25) is 0 Å². The maximum Gasteiger partial charge on any atom is 0.328 e. The summed E-state index contributed by atoms with van der Waals surface area (Å²) in [6.45, 7) is 4.71. The van der Waals surface area contributed by atoms with Gasteiger partial charge in [0.15, 0.2) is 6.04 Å². The number of aromatic nitrogens is 3. The van der Waals surface area contributed by atoms with E-state index in [1.807, 2.05) is 13.8 Å². The maximum absolute atomic E-state index is 11.1. The molecule has 7 heteroatoms. The van der Waals surface area contributed by atoms with Gasteiger partial charge in [-0.3, -0.25) is 0 Å². The molecule has 0 radical (unpaired) electrons. The SMILES string of the molecule is Cc1nnc(N2CCOCC2C(=O)O)nc1C. The van der Waals surface area contributed by atoms with Crippen LogP contribution in [0.4, 0.5) is 5.95 Å². The third-order valence-electron chi connectivity index (χ3n) is 2.75. The van der Waals surface area contributed by atoms with E-state index < -0.39 is 12.0 Å². The van der Waals surface area contributed by atoms with Crippen LogP contribution in [0.3, 0.4) is 0 Å². The summed E-state index contributed by atoms with van der Waals surface area (Å²) in [5.74, 6) is -0.588. The monoisotopic (exact) mass is 238 g/mol. The first-order chi connectivity index (χ1) is 8.09. The van der Waals surface area contributed by atoms with Crippen molar-refractivity contribution in [1.82, 2.24) is 15.2 Å². The summed E-state index contributed by atoms with van der Waals surface area (Å²) in [5.41, 5.74) is 1.50. The summed E-state index contributed by atoms with van der Waals surface area (Å²) in [4.78, 5) is 17.0. The molecule has 0 saturated carbocycles. The molecule has 0 amide bonds. The number of nitrogens with zero attached hydrogens (tertiary/aromatic N) is 4. The van der Waals surface area contributed by atoms with E-state index in [-0.39, 0.29) is 6.61 Å². The van der Waals surface area contributed by atoms with Crippen molar-refractivity contribution in [2.45, 2.75) is 19.9 Å². The summed E-state index contributed by atoms with van der Waals surface area (Å²) in [6.07, 6.45) is 0. The van der Waals surface area contributed by atoms with Gasteiger partial charge in [0, 0.05) is 6.54 Å². The molecule has 1 fully saturated rings. The molecule has 1 saturated heterocycles. The molecular formula is C10H14N4O3. The van der Waals surface area contributed by atoms with Crippen LogP contribution in [-0.2, 0) is 9.53 Å². The molecule has 0 bridgehead atoms. The zero-order valence-electron chi connectivity index (χ0n) is 9.75. The third-order valence-corrected chi connectivity index (χ3v) is 2.75. The van der Waals surface area contributed by atoms with Crippen LogP contribution >= 0.6 is 0 Å². The van der Waals surface area contributed by atoms with Gasteiger partial charge in [0.25, 0.3) is 0 Å². The predicted molar refractivity (Wildman–Crippen MR) is 58.9 cm³/mol. The molecule has 1 aromatic rings. The molecule has 7 nitrogen and oxygen atoms in total. The predicted octanol–water partition coefficient (Wildman–Crippen LogP) is -0.222. The summed E-state index contributed by atoms with van der Waals surface area (Å²) in [6, 6.07) is -0.743. The summed E-state index contributed by atoms with van der Waals surface area (Å²) >= 11 is 0. The number of aliphatic carboxylic acids is 1. The van der Waals surface area contributed by atoms with E-state index in [1.165, 1.54) is 0 Å². The molecule has 0 aliphatic carbocycles. The second-order valence-electron chi connectivity index (χ2n) is 3.90. The molecule has 1 aliphatic rings. The van der Waals surface area contributed by atoms with E-state index in [4.69, 9.17) is 9.84 Å². The smallest absolute Gasteiger partial charge is 0.328 e. The normalized spacial score (nSPS) is 20.4. The number of carboxylic acids is 1. The Balaban J connectivity index is 2.29. The van der Waals surface area contributed by atoms with E-state index in [9.17, 15) is 4.79 Å². The summed E-state index contributed by atoms with van der Waals surface area (Å²) in [7, 11) is 0. The van der Waals surface area contributed by atoms with Gasteiger partial charge in [-0.25, -0.2) is 9.78 Å². The minimum absolute atomic E-state index is 0.144. The molecule has 1 atom stereocenters. The van der Waals surface area contributed by atoms with Crippen molar-refractivity contribution < 1.29 is 14.6 Å². The highest BCUT2D eigenvalue weighted by molar-refractivity contribution is 5.77. The molecule has 1 aromatic heterocycles. The molecule has 0 aromatic carbocycles. The Labute approximate surface area is 98.4 Å². The number of rotatable bonds is 2. The number of aryl methyl sites for hydroxylation is 2. The first-order valence-electron chi connectivity index (χ1n) is 5.34. The topological polar surface area (TPSA) is 88.4 Å². The van der Waals surface area contributed by atoms with Crippen LogP contribution in [0.25, 0.3) is 0 Å². The Morgan fingerprint density at radius 1 is 1.41 bits per heavy atom. The third kappa shape index (κ3) is 2.33. The molecule has 1 aliphatic heterocycles. The van der Waals surface area contributed by atoms with Gasteiger partial charge in [0.1, 0.15) is 0 Å². The van der Waals surface area contributed by atoms with E-state index in [0.717, 1.165) is 11.4 Å². The van der Waals surface area contributed by atoms with Crippen molar-refractivity contribution in [3.63, 3.8) is 0 Å². The van der Waals surface area contributed by atoms with Crippen molar-refractivity contribution in [2.24, 2.45) is 0 Å². The Hall–Kier alpha value is -1.76. The van der Waals surface area contributed by atoms with Gasteiger partial charge in [0.2, 0.25) is 5.95 Å². The van der Waals surface area contributed by atoms with Gasteiger partial charge in [-0.1, -0.05) is 0 Å². The molecule has 1 unspecified atom stereocenters. The van der Waals surface area contributed by atoms with Crippen molar-refractivity contribution in [3.05, 3.63) is 11.4 Å². The zero-order valence-corrected chi connectivity index (χ0v) is 9.75. The van der Waals surface area contributed by atoms with Crippen molar-refractivity contribution in [3.8, 4) is 0 Å². The Bertz CT molecular complexity index is 438. The highest BCUT2D eigenvalue weighted by Crippen LogP contribution is 2.15. The number of carbonyl (C=O) groups is 1. The van der Waals surface area contributed by atoms with Gasteiger partial charge in [0.05, 0.1) is 24.6 Å². The number of anilines is 1.